The van der Waals surface area contributed by atoms with Gasteiger partial charge in [0.1, 0.15) is 11.6 Å². The zero-order valence-electron chi connectivity index (χ0n) is 26.1. The van der Waals surface area contributed by atoms with E-state index in [0.717, 1.165) is 61.5 Å². The van der Waals surface area contributed by atoms with Gasteiger partial charge in [-0.05, 0) is 75.3 Å². The highest BCUT2D eigenvalue weighted by Gasteiger charge is 2.21. The molecule has 0 saturated heterocycles. The van der Waals surface area contributed by atoms with Crippen LogP contribution in [-0.2, 0) is 12.5 Å². The van der Waals surface area contributed by atoms with E-state index in [9.17, 15) is 5.11 Å². The monoisotopic (exact) mass is 581 g/mol. The molecule has 0 aliphatic rings. The molecule has 0 saturated carbocycles. The number of hydrogen-bond donors (Lipinski definition) is 1. The van der Waals surface area contributed by atoms with E-state index in [1.807, 2.05) is 19.2 Å². The maximum atomic E-state index is 10.9. The van der Waals surface area contributed by atoms with E-state index >= 15 is 0 Å². The van der Waals surface area contributed by atoms with Gasteiger partial charge in [0.05, 0.1) is 30.4 Å². The molecule has 2 aromatic heterocycles. The van der Waals surface area contributed by atoms with Gasteiger partial charge in [-0.1, -0.05) is 95.0 Å². The van der Waals surface area contributed by atoms with E-state index < -0.39 is 8.07 Å². The first kappa shape index (κ1) is 28.6. The SMILES string of the molecule is Cn1c(-c2cc(C(C)(C)C)ccc2O)nc2c(-c3cc(-c4ccccc4)cc(-c4ccc([Si](C)(C)C)cn4)c3)cccc21. The highest BCUT2D eigenvalue weighted by atomic mass is 28.3. The Labute approximate surface area is 255 Å². The summed E-state index contributed by atoms with van der Waals surface area (Å²) in [6, 6.07) is 33.8. The van der Waals surface area contributed by atoms with Crippen LogP contribution in [0.4, 0.5) is 0 Å². The molecule has 0 unspecified atom stereocenters. The molecule has 5 heteroatoms. The number of nitrogens with zero attached hydrogens (tertiary/aromatic N) is 3. The van der Waals surface area contributed by atoms with Gasteiger partial charge in [0, 0.05) is 24.4 Å². The van der Waals surface area contributed by atoms with Gasteiger partial charge >= 0.3 is 0 Å². The first-order valence-corrected chi connectivity index (χ1v) is 18.4. The van der Waals surface area contributed by atoms with Crippen molar-refractivity contribution in [3.8, 4) is 50.6 Å². The summed E-state index contributed by atoms with van der Waals surface area (Å²) in [5, 5.41) is 12.3. The number of imidazole rings is 1. The van der Waals surface area contributed by atoms with E-state index in [4.69, 9.17) is 9.97 Å². The molecular weight excluding hydrogens is 543 g/mol. The minimum atomic E-state index is -1.46. The molecule has 0 atom stereocenters. The lowest BCUT2D eigenvalue weighted by molar-refractivity contribution is 0.475. The molecule has 0 amide bonds. The Morgan fingerprint density at radius 1 is 0.698 bits per heavy atom. The lowest BCUT2D eigenvalue weighted by Gasteiger charge is -2.20. The summed E-state index contributed by atoms with van der Waals surface area (Å²) in [5.41, 5.74) is 10.2. The standard InChI is InChI=1S/C38H39N3OSi/c1-38(2,3)29-16-19-35(42)32(23-29)37-40-36-31(14-11-15-34(36)41(37)4)27-20-26(25-12-9-8-10-13-25)21-28(22-27)33-18-17-30(24-39-33)43(5,6)7/h8-24,42H,1-7H3. The Balaban J connectivity index is 1.55. The summed E-state index contributed by atoms with van der Waals surface area (Å²) in [5.74, 6) is 0.975. The number of para-hydroxylation sites is 1. The number of aryl methyl sites for hydroxylation is 1. The zero-order valence-corrected chi connectivity index (χ0v) is 27.1. The number of aromatic hydroxyl groups is 1. The van der Waals surface area contributed by atoms with Crippen molar-refractivity contribution < 1.29 is 5.11 Å². The molecule has 43 heavy (non-hydrogen) atoms. The van der Waals surface area contributed by atoms with Crippen molar-refractivity contribution in [2.45, 2.75) is 45.8 Å². The number of aromatic nitrogens is 3. The van der Waals surface area contributed by atoms with Gasteiger partial charge in [-0.25, -0.2) is 4.98 Å². The zero-order chi connectivity index (χ0) is 30.5. The maximum Gasteiger partial charge on any atom is 0.144 e. The van der Waals surface area contributed by atoms with Gasteiger partial charge in [-0.15, -0.1) is 0 Å². The van der Waals surface area contributed by atoms with Gasteiger partial charge < -0.3 is 9.67 Å². The van der Waals surface area contributed by atoms with Crippen LogP contribution in [0.25, 0.3) is 55.9 Å². The minimum Gasteiger partial charge on any atom is -0.507 e. The molecule has 0 radical (unpaired) electrons. The number of pyridine rings is 1. The van der Waals surface area contributed by atoms with Crippen molar-refractivity contribution in [2.75, 3.05) is 0 Å². The number of fused-ring (bicyclic) bond motifs is 1. The second-order valence-corrected chi connectivity index (χ2v) is 18.6. The molecule has 6 aromatic rings. The Hall–Kier alpha value is -4.48. The van der Waals surface area contributed by atoms with Crippen LogP contribution >= 0.6 is 0 Å². The molecule has 0 bridgehead atoms. The van der Waals surface area contributed by atoms with E-state index in [-0.39, 0.29) is 11.2 Å². The first-order chi connectivity index (χ1) is 20.4. The van der Waals surface area contributed by atoms with E-state index in [1.54, 1.807) is 6.07 Å². The number of phenols is 1. The molecule has 2 heterocycles. The third kappa shape index (κ3) is 5.53. The van der Waals surface area contributed by atoms with Crippen LogP contribution in [0.1, 0.15) is 26.3 Å². The summed E-state index contributed by atoms with van der Waals surface area (Å²) in [6.45, 7) is 13.6. The van der Waals surface area contributed by atoms with Crippen molar-refractivity contribution in [3.05, 3.63) is 109 Å². The van der Waals surface area contributed by atoms with Crippen molar-refractivity contribution in [1.29, 1.82) is 0 Å². The lowest BCUT2D eigenvalue weighted by Crippen LogP contribution is -2.37. The highest BCUT2D eigenvalue weighted by Crippen LogP contribution is 2.39. The van der Waals surface area contributed by atoms with Crippen LogP contribution in [0, 0.1) is 0 Å². The Morgan fingerprint density at radius 3 is 2.09 bits per heavy atom. The van der Waals surface area contributed by atoms with Crippen LogP contribution in [0.2, 0.25) is 19.6 Å². The van der Waals surface area contributed by atoms with Gasteiger partial charge in [-0.3, -0.25) is 4.98 Å². The van der Waals surface area contributed by atoms with Crippen molar-refractivity contribution >= 4 is 24.3 Å². The van der Waals surface area contributed by atoms with Gasteiger partial charge in [-0.2, -0.15) is 0 Å². The predicted octanol–water partition coefficient (Wildman–Crippen LogP) is 9.18. The molecular formula is C38H39N3OSi. The van der Waals surface area contributed by atoms with Crippen LogP contribution in [0.5, 0.6) is 5.75 Å². The average Bonchev–Trinajstić information content (AvgIpc) is 3.32. The fraction of sp³-hybridized carbons (Fsp3) is 0.211. The minimum absolute atomic E-state index is 0.0478. The Morgan fingerprint density at radius 2 is 1.42 bits per heavy atom. The molecule has 0 fully saturated rings. The Bertz CT molecular complexity index is 1940. The quantitative estimate of drug-likeness (QED) is 0.207. The van der Waals surface area contributed by atoms with Crippen molar-refractivity contribution in [3.63, 3.8) is 0 Å². The van der Waals surface area contributed by atoms with E-state index in [0.29, 0.717) is 0 Å². The van der Waals surface area contributed by atoms with Gasteiger partial charge in [0.25, 0.3) is 0 Å². The molecule has 0 spiro atoms. The summed E-state index contributed by atoms with van der Waals surface area (Å²) >= 11 is 0. The van der Waals surface area contributed by atoms with Crippen LogP contribution in [0.15, 0.2) is 103 Å². The molecule has 6 rings (SSSR count). The summed E-state index contributed by atoms with van der Waals surface area (Å²) in [6.07, 6.45) is 2.06. The lowest BCUT2D eigenvalue weighted by atomic mass is 9.86. The third-order valence-electron chi connectivity index (χ3n) is 8.29. The predicted molar refractivity (Wildman–Crippen MR) is 184 cm³/mol. The number of benzene rings is 4. The average molecular weight is 582 g/mol. The van der Waals surface area contributed by atoms with Crippen LogP contribution < -0.4 is 5.19 Å². The topological polar surface area (TPSA) is 50.9 Å². The molecule has 216 valence electrons. The summed E-state index contributed by atoms with van der Waals surface area (Å²) in [7, 11) is 0.566. The van der Waals surface area contributed by atoms with Crippen LogP contribution in [-0.4, -0.2) is 27.7 Å². The normalized spacial score (nSPS) is 12.2. The largest absolute Gasteiger partial charge is 0.507 e. The van der Waals surface area contributed by atoms with Gasteiger partial charge in [0.2, 0.25) is 0 Å². The Kier molecular flexibility index (Phi) is 7.09. The molecule has 0 aliphatic heterocycles. The summed E-state index contributed by atoms with van der Waals surface area (Å²) < 4.78 is 2.08. The van der Waals surface area contributed by atoms with E-state index in [2.05, 4.69) is 130 Å². The first-order valence-electron chi connectivity index (χ1n) is 14.9. The molecule has 4 nitrogen and oxygen atoms in total. The number of rotatable bonds is 5. The highest BCUT2D eigenvalue weighted by molar-refractivity contribution is 6.88. The van der Waals surface area contributed by atoms with Crippen molar-refractivity contribution in [1.82, 2.24) is 14.5 Å². The van der Waals surface area contributed by atoms with Crippen LogP contribution in [0.3, 0.4) is 0 Å². The smallest absolute Gasteiger partial charge is 0.144 e. The fourth-order valence-corrected chi connectivity index (χ4v) is 6.64. The van der Waals surface area contributed by atoms with E-state index in [1.165, 1.54) is 5.19 Å². The van der Waals surface area contributed by atoms with Crippen molar-refractivity contribution in [2.24, 2.45) is 7.05 Å². The maximum absolute atomic E-state index is 10.9. The molecule has 1 N–H and O–H groups in total. The second kappa shape index (κ2) is 10.7. The fourth-order valence-electron chi connectivity index (χ4n) is 5.61. The number of phenolic OH excluding ortho intramolecular Hbond substituents is 1. The molecule has 4 aromatic carbocycles. The number of hydrogen-bond acceptors (Lipinski definition) is 3. The summed E-state index contributed by atoms with van der Waals surface area (Å²) in [4.78, 5) is 10.1. The molecule has 0 aliphatic carbocycles. The third-order valence-corrected chi connectivity index (χ3v) is 10.3. The van der Waals surface area contributed by atoms with Gasteiger partial charge in [0.15, 0.2) is 0 Å². The second-order valence-electron chi connectivity index (χ2n) is 13.5.